The Labute approximate surface area is 180 Å². The summed E-state index contributed by atoms with van der Waals surface area (Å²) in [6.07, 6.45) is -7.51. The largest absolute Gasteiger partial charge is 0.433 e. The molecule has 1 aliphatic rings. The van der Waals surface area contributed by atoms with Gasteiger partial charge in [-0.3, -0.25) is 0 Å². The standard InChI is InChI=1S/C19H20F6N4O2S/c1-12(18(20,21)22)15-11-28(13-4-3-5-14(10-13)32(2,30)31)8-9-29(15)17-26-7-6-16(27-17)19(23,24)25/h3-7,10,12,15H,8-9,11H2,1-2H3/t12?,15-/m0/s1. The Morgan fingerprint density at radius 1 is 1.09 bits per heavy atom. The minimum absolute atomic E-state index is 0.0130. The van der Waals surface area contributed by atoms with Crippen molar-refractivity contribution in [3.63, 3.8) is 0 Å². The Morgan fingerprint density at radius 2 is 1.78 bits per heavy atom. The van der Waals surface area contributed by atoms with E-state index in [9.17, 15) is 34.8 Å². The van der Waals surface area contributed by atoms with Crippen LogP contribution in [0.2, 0.25) is 0 Å². The molecule has 1 aromatic heterocycles. The molecule has 0 saturated carbocycles. The third kappa shape index (κ3) is 5.25. The molecule has 6 nitrogen and oxygen atoms in total. The normalized spacial score (nSPS) is 19.2. The van der Waals surface area contributed by atoms with E-state index in [2.05, 4.69) is 9.97 Å². The summed E-state index contributed by atoms with van der Waals surface area (Å²) in [5, 5.41) is 0. The van der Waals surface area contributed by atoms with Gasteiger partial charge in [0, 0.05) is 37.8 Å². The van der Waals surface area contributed by atoms with Crippen LogP contribution in [0.25, 0.3) is 0 Å². The van der Waals surface area contributed by atoms with Gasteiger partial charge in [0.25, 0.3) is 0 Å². The van der Waals surface area contributed by atoms with Crippen LogP contribution in [0.5, 0.6) is 0 Å². The van der Waals surface area contributed by atoms with E-state index in [0.29, 0.717) is 11.8 Å². The molecule has 1 saturated heterocycles. The summed E-state index contributed by atoms with van der Waals surface area (Å²) in [5.41, 5.74) is -0.846. The molecule has 0 aliphatic carbocycles. The zero-order chi connectivity index (χ0) is 23.9. The number of alkyl halides is 6. The smallest absolute Gasteiger partial charge is 0.368 e. The molecule has 1 unspecified atom stereocenters. The molecule has 0 spiro atoms. The second-order valence-corrected chi connectivity index (χ2v) is 9.56. The Hall–Kier alpha value is -2.57. The van der Waals surface area contributed by atoms with E-state index in [-0.39, 0.29) is 24.5 Å². The van der Waals surface area contributed by atoms with Crippen molar-refractivity contribution in [2.45, 2.75) is 30.2 Å². The van der Waals surface area contributed by atoms with Gasteiger partial charge in [0.15, 0.2) is 9.84 Å². The lowest BCUT2D eigenvalue weighted by atomic mass is 9.96. The fraction of sp³-hybridized carbons (Fsp3) is 0.474. The van der Waals surface area contributed by atoms with E-state index in [4.69, 9.17) is 0 Å². The number of rotatable bonds is 4. The number of sulfone groups is 1. The second kappa shape index (κ2) is 8.41. The number of halogens is 6. The van der Waals surface area contributed by atoms with E-state index < -0.39 is 45.8 Å². The molecule has 3 rings (SSSR count). The van der Waals surface area contributed by atoms with E-state index in [1.165, 1.54) is 18.2 Å². The van der Waals surface area contributed by atoms with Crippen LogP contribution in [0, 0.1) is 5.92 Å². The Bertz CT molecular complexity index is 1070. The molecular formula is C19H20F6N4O2S. The fourth-order valence-electron chi connectivity index (χ4n) is 3.49. The van der Waals surface area contributed by atoms with Gasteiger partial charge in [-0.25, -0.2) is 18.4 Å². The number of hydrogen-bond donors (Lipinski definition) is 0. The Balaban J connectivity index is 1.97. The Morgan fingerprint density at radius 3 is 2.38 bits per heavy atom. The summed E-state index contributed by atoms with van der Waals surface area (Å²) in [5.74, 6) is -2.35. The first-order valence-electron chi connectivity index (χ1n) is 9.46. The van der Waals surface area contributed by atoms with E-state index in [1.54, 1.807) is 11.0 Å². The van der Waals surface area contributed by atoms with Gasteiger partial charge in [-0.15, -0.1) is 0 Å². The van der Waals surface area contributed by atoms with Crippen LogP contribution in [-0.4, -0.2) is 56.5 Å². The van der Waals surface area contributed by atoms with E-state index in [0.717, 1.165) is 24.3 Å². The molecule has 13 heteroatoms. The van der Waals surface area contributed by atoms with E-state index in [1.807, 2.05) is 0 Å². The van der Waals surface area contributed by atoms with Gasteiger partial charge in [0.2, 0.25) is 5.95 Å². The number of anilines is 2. The molecular weight excluding hydrogens is 462 g/mol. The van der Waals surface area contributed by atoms with Crippen LogP contribution in [-0.2, 0) is 16.0 Å². The third-order valence-electron chi connectivity index (χ3n) is 5.31. The topological polar surface area (TPSA) is 66.4 Å². The molecule has 0 radical (unpaired) electrons. The molecule has 2 heterocycles. The Kier molecular flexibility index (Phi) is 6.33. The first kappa shape index (κ1) is 24.1. The highest BCUT2D eigenvalue weighted by Gasteiger charge is 2.46. The second-order valence-electron chi connectivity index (χ2n) is 7.55. The summed E-state index contributed by atoms with van der Waals surface area (Å²) in [7, 11) is -3.53. The highest BCUT2D eigenvalue weighted by Crippen LogP contribution is 2.36. The van der Waals surface area contributed by atoms with Gasteiger partial charge in [0.1, 0.15) is 5.69 Å². The zero-order valence-electron chi connectivity index (χ0n) is 17.0. The van der Waals surface area contributed by atoms with Crippen molar-refractivity contribution < 1.29 is 34.8 Å². The van der Waals surface area contributed by atoms with Gasteiger partial charge in [-0.05, 0) is 24.3 Å². The molecule has 32 heavy (non-hydrogen) atoms. The summed E-state index contributed by atoms with van der Waals surface area (Å²) >= 11 is 0. The summed E-state index contributed by atoms with van der Waals surface area (Å²) in [6, 6.07) is 5.15. The lowest BCUT2D eigenvalue weighted by Gasteiger charge is -2.45. The monoisotopic (exact) mass is 482 g/mol. The van der Waals surface area contributed by atoms with Gasteiger partial charge < -0.3 is 9.80 Å². The van der Waals surface area contributed by atoms with Crippen molar-refractivity contribution in [2.75, 3.05) is 35.7 Å². The molecule has 1 aromatic carbocycles. The number of aromatic nitrogens is 2. The lowest BCUT2D eigenvalue weighted by Crippen LogP contribution is -2.58. The summed E-state index contributed by atoms with van der Waals surface area (Å²) in [6.45, 7) is 0.776. The van der Waals surface area contributed by atoms with Crippen LogP contribution >= 0.6 is 0 Å². The van der Waals surface area contributed by atoms with Crippen molar-refractivity contribution in [1.29, 1.82) is 0 Å². The number of piperazine rings is 1. The van der Waals surface area contributed by atoms with Gasteiger partial charge in [-0.1, -0.05) is 13.0 Å². The first-order valence-corrected chi connectivity index (χ1v) is 11.4. The number of benzene rings is 1. The van der Waals surface area contributed by atoms with Crippen LogP contribution in [0.4, 0.5) is 38.0 Å². The zero-order valence-corrected chi connectivity index (χ0v) is 17.8. The maximum Gasteiger partial charge on any atom is 0.433 e. The fourth-order valence-corrected chi connectivity index (χ4v) is 4.16. The highest BCUT2D eigenvalue weighted by molar-refractivity contribution is 7.90. The molecule has 1 aliphatic heterocycles. The SMILES string of the molecule is CC([C@@H]1CN(c2cccc(S(C)(=O)=O)c2)CCN1c1nccc(C(F)(F)F)n1)C(F)(F)F. The maximum atomic E-state index is 13.6. The minimum Gasteiger partial charge on any atom is -0.368 e. The van der Waals surface area contributed by atoms with Gasteiger partial charge in [0.05, 0.1) is 16.9 Å². The quantitative estimate of drug-likeness (QED) is 0.618. The summed E-state index contributed by atoms with van der Waals surface area (Å²) in [4.78, 5) is 9.95. The molecule has 0 N–H and O–H groups in total. The molecule has 1 fully saturated rings. The average Bonchev–Trinajstić information content (AvgIpc) is 2.71. The van der Waals surface area contributed by atoms with Crippen molar-refractivity contribution in [1.82, 2.24) is 9.97 Å². The molecule has 2 atom stereocenters. The van der Waals surface area contributed by atoms with Crippen LogP contribution in [0.1, 0.15) is 12.6 Å². The predicted molar refractivity (Wildman–Crippen MR) is 105 cm³/mol. The molecule has 0 bridgehead atoms. The molecule has 2 aromatic rings. The predicted octanol–water partition coefficient (Wildman–Crippen LogP) is 3.79. The van der Waals surface area contributed by atoms with Crippen molar-refractivity contribution in [2.24, 2.45) is 5.92 Å². The number of hydrogen-bond acceptors (Lipinski definition) is 6. The first-order chi connectivity index (χ1) is 14.7. The minimum atomic E-state index is -4.77. The van der Waals surface area contributed by atoms with E-state index >= 15 is 0 Å². The summed E-state index contributed by atoms with van der Waals surface area (Å²) < 4.78 is 104. The van der Waals surface area contributed by atoms with Crippen molar-refractivity contribution in [3.05, 3.63) is 42.2 Å². The van der Waals surface area contributed by atoms with Crippen LogP contribution in [0.3, 0.4) is 0 Å². The lowest BCUT2D eigenvalue weighted by molar-refractivity contribution is -0.175. The maximum absolute atomic E-state index is 13.6. The van der Waals surface area contributed by atoms with Crippen molar-refractivity contribution in [3.8, 4) is 0 Å². The number of nitrogens with zero attached hydrogens (tertiary/aromatic N) is 4. The third-order valence-corrected chi connectivity index (χ3v) is 6.42. The molecule has 176 valence electrons. The average molecular weight is 482 g/mol. The van der Waals surface area contributed by atoms with Crippen LogP contribution in [0.15, 0.2) is 41.4 Å². The van der Waals surface area contributed by atoms with Crippen molar-refractivity contribution >= 4 is 21.5 Å². The highest BCUT2D eigenvalue weighted by atomic mass is 32.2. The van der Waals surface area contributed by atoms with Crippen LogP contribution < -0.4 is 9.80 Å². The molecule has 0 amide bonds. The van der Waals surface area contributed by atoms with Gasteiger partial charge >= 0.3 is 12.4 Å². The van der Waals surface area contributed by atoms with Gasteiger partial charge in [-0.2, -0.15) is 26.3 Å².